The molecule has 0 saturated heterocycles. The van der Waals surface area contributed by atoms with Gasteiger partial charge in [0.2, 0.25) is 5.85 Å². The van der Waals surface area contributed by atoms with Crippen molar-refractivity contribution in [2.45, 2.75) is 43.8 Å². The van der Waals surface area contributed by atoms with E-state index in [1.807, 2.05) is 31.4 Å². The van der Waals surface area contributed by atoms with E-state index in [1.165, 1.54) is 5.57 Å². The van der Waals surface area contributed by atoms with Gasteiger partial charge in [0.15, 0.2) is 0 Å². The summed E-state index contributed by atoms with van der Waals surface area (Å²) in [6.45, 7) is 9.25. The van der Waals surface area contributed by atoms with Gasteiger partial charge in [-0.3, -0.25) is 11.5 Å². The Hall–Kier alpha value is -0.670. The summed E-state index contributed by atoms with van der Waals surface area (Å²) < 4.78 is 5.58. The van der Waals surface area contributed by atoms with Gasteiger partial charge in [0.05, 0.1) is 16.9 Å². The molecule has 0 radical (unpaired) electrons. The van der Waals surface area contributed by atoms with E-state index in [0.29, 0.717) is 18.0 Å². The van der Waals surface area contributed by atoms with Crippen LogP contribution in [0.15, 0.2) is 107 Å². The molecule has 5 nitrogen and oxygen atoms in total. The summed E-state index contributed by atoms with van der Waals surface area (Å²) in [5, 5.41) is 6.44. The monoisotopic (exact) mass is 824 g/mol. The van der Waals surface area contributed by atoms with Crippen molar-refractivity contribution in [3.8, 4) is 0 Å². The number of rotatable bonds is 7. The standard InChI is InChI=1S/C28H35I3N4O/c1-19-6-7-20(13-25(2,29)12-19)21-8-9-22(15-26(3,30)14-21)28(32,33)36-24-11-10-23(35-18-34-5)16-27(4,31)17-24/h6-17,34-35H,18,32-33H2,1-5H3. The molecule has 3 aliphatic rings. The smallest absolute Gasteiger partial charge is 0.239 e. The molecule has 8 heteroatoms. The Morgan fingerprint density at radius 1 is 0.778 bits per heavy atom. The third-order valence-corrected chi connectivity index (χ3v) is 7.49. The van der Waals surface area contributed by atoms with Gasteiger partial charge in [-0.05, 0) is 70.2 Å². The quantitative estimate of drug-likeness (QED) is 0.141. The Kier molecular flexibility index (Phi) is 9.63. The van der Waals surface area contributed by atoms with Crippen molar-refractivity contribution >= 4 is 67.8 Å². The van der Waals surface area contributed by atoms with Crippen LogP contribution in [0.5, 0.6) is 0 Å². The average Bonchev–Trinajstić information content (AvgIpc) is 3.05. The molecule has 0 aliphatic heterocycles. The lowest BCUT2D eigenvalue weighted by Crippen LogP contribution is -2.53. The molecule has 3 unspecified atom stereocenters. The van der Waals surface area contributed by atoms with Crippen molar-refractivity contribution in [1.29, 1.82) is 0 Å². The molecule has 0 saturated carbocycles. The van der Waals surface area contributed by atoms with Gasteiger partial charge >= 0.3 is 0 Å². The lowest BCUT2D eigenvalue weighted by atomic mass is 9.98. The van der Waals surface area contributed by atoms with E-state index in [4.69, 9.17) is 16.2 Å². The summed E-state index contributed by atoms with van der Waals surface area (Å²) >= 11 is 7.28. The fourth-order valence-electron chi connectivity index (χ4n) is 4.15. The third kappa shape index (κ3) is 8.69. The second-order valence-corrected chi connectivity index (χ2v) is 16.9. The summed E-state index contributed by atoms with van der Waals surface area (Å²) in [5.74, 6) is -0.894. The van der Waals surface area contributed by atoms with Crippen LogP contribution in [-0.4, -0.2) is 29.8 Å². The highest BCUT2D eigenvalue weighted by atomic mass is 127. The number of nitrogens with one attached hydrogen (secondary N) is 2. The fourth-order valence-corrected chi connectivity index (χ4v) is 6.29. The molecule has 36 heavy (non-hydrogen) atoms. The van der Waals surface area contributed by atoms with Crippen LogP contribution in [0.25, 0.3) is 0 Å². The number of alkyl halides is 3. The number of nitrogens with two attached hydrogens (primary N) is 2. The van der Waals surface area contributed by atoms with Crippen LogP contribution in [0.1, 0.15) is 27.7 Å². The summed E-state index contributed by atoms with van der Waals surface area (Å²) in [5.41, 5.74) is 18.5. The zero-order chi connectivity index (χ0) is 26.8. The van der Waals surface area contributed by atoms with Gasteiger partial charge < -0.3 is 15.4 Å². The minimum atomic E-state index is -1.51. The number of hydrogen-bond donors (Lipinski definition) is 4. The van der Waals surface area contributed by atoms with Crippen molar-refractivity contribution in [3.05, 3.63) is 107 Å². The minimum Gasteiger partial charge on any atom is -0.456 e. The molecular formula is C28H35I3N4O. The van der Waals surface area contributed by atoms with E-state index in [-0.39, 0.29) is 10.3 Å². The molecular weight excluding hydrogens is 789 g/mol. The number of allylic oxidation sites excluding steroid dienone is 14. The molecule has 3 rings (SSSR count). The summed E-state index contributed by atoms with van der Waals surface area (Å²) in [6, 6.07) is 0. The molecule has 0 heterocycles. The van der Waals surface area contributed by atoms with Crippen LogP contribution < -0.4 is 22.1 Å². The molecule has 6 N–H and O–H groups in total. The predicted octanol–water partition coefficient (Wildman–Crippen LogP) is 6.12. The molecule has 3 aliphatic carbocycles. The first-order valence-electron chi connectivity index (χ1n) is 11.7. The highest BCUT2D eigenvalue weighted by molar-refractivity contribution is 14.1. The normalized spacial score (nSPS) is 30.6. The van der Waals surface area contributed by atoms with Gasteiger partial charge in [0, 0.05) is 11.3 Å². The molecule has 0 aromatic rings. The van der Waals surface area contributed by atoms with Crippen LogP contribution in [-0.2, 0) is 4.74 Å². The Morgan fingerprint density at radius 2 is 1.36 bits per heavy atom. The van der Waals surface area contributed by atoms with Gasteiger partial charge in [-0.15, -0.1) is 0 Å². The molecule has 0 spiro atoms. The number of halogens is 3. The largest absolute Gasteiger partial charge is 0.456 e. The van der Waals surface area contributed by atoms with E-state index in [1.54, 1.807) is 0 Å². The average molecular weight is 824 g/mol. The highest BCUT2D eigenvalue weighted by Crippen LogP contribution is 2.37. The summed E-state index contributed by atoms with van der Waals surface area (Å²) in [6.07, 6.45) is 25.3. The van der Waals surface area contributed by atoms with Crippen molar-refractivity contribution in [2.24, 2.45) is 11.5 Å². The van der Waals surface area contributed by atoms with E-state index in [2.05, 4.69) is 155 Å². The summed E-state index contributed by atoms with van der Waals surface area (Å²) in [7, 11) is 1.90. The van der Waals surface area contributed by atoms with Crippen LogP contribution in [0, 0.1) is 0 Å². The second-order valence-electron chi connectivity index (χ2n) is 9.89. The molecule has 0 fully saturated rings. The Labute approximate surface area is 256 Å². The van der Waals surface area contributed by atoms with Crippen LogP contribution in [0.2, 0.25) is 0 Å². The van der Waals surface area contributed by atoms with Gasteiger partial charge in [-0.1, -0.05) is 122 Å². The van der Waals surface area contributed by atoms with Gasteiger partial charge in [0.25, 0.3) is 0 Å². The lowest BCUT2D eigenvalue weighted by Gasteiger charge is -2.29. The first kappa shape index (κ1) is 29.9. The summed E-state index contributed by atoms with van der Waals surface area (Å²) in [4.78, 5) is 0. The SMILES string of the molecule is CNCNC1=CC(C)(I)C=C(OC(N)(N)C2=CC(C)(I)C=C(C3=CC(C)(I)C=C(C)C=C3)C=C2)C=C1. The van der Waals surface area contributed by atoms with E-state index < -0.39 is 5.85 Å². The van der Waals surface area contributed by atoms with E-state index >= 15 is 0 Å². The highest BCUT2D eigenvalue weighted by Gasteiger charge is 2.32. The number of ether oxygens (including phenoxy) is 1. The van der Waals surface area contributed by atoms with Crippen LogP contribution in [0.4, 0.5) is 0 Å². The Morgan fingerprint density at radius 3 is 2.00 bits per heavy atom. The lowest BCUT2D eigenvalue weighted by molar-refractivity contribution is 0.0552. The fraction of sp³-hybridized carbons (Fsp3) is 0.357. The third-order valence-electron chi connectivity index (χ3n) is 5.62. The molecule has 3 atom stereocenters. The van der Waals surface area contributed by atoms with E-state index in [0.717, 1.165) is 16.8 Å². The van der Waals surface area contributed by atoms with E-state index in [9.17, 15) is 0 Å². The Bertz CT molecular complexity index is 1160. The van der Waals surface area contributed by atoms with Crippen molar-refractivity contribution < 1.29 is 4.74 Å². The topological polar surface area (TPSA) is 85.3 Å². The number of hydrogen-bond acceptors (Lipinski definition) is 5. The predicted molar refractivity (Wildman–Crippen MR) is 178 cm³/mol. The van der Waals surface area contributed by atoms with Crippen LogP contribution >= 0.6 is 67.8 Å². The molecule has 0 aromatic heterocycles. The van der Waals surface area contributed by atoms with Gasteiger partial charge in [0.1, 0.15) is 5.76 Å². The molecule has 0 bridgehead atoms. The molecule has 194 valence electrons. The zero-order valence-electron chi connectivity index (χ0n) is 21.3. The van der Waals surface area contributed by atoms with Crippen molar-refractivity contribution in [3.63, 3.8) is 0 Å². The molecule has 0 aromatic carbocycles. The first-order chi connectivity index (χ1) is 16.6. The zero-order valence-corrected chi connectivity index (χ0v) is 27.8. The minimum absolute atomic E-state index is 0.0759. The van der Waals surface area contributed by atoms with Crippen molar-refractivity contribution in [1.82, 2.24) is 10.6 Å². The van der Waals surface area contributed by atoms with Gasteiger partial charge in [-0.2, -0.15) is 0 Å². The van der Waals surface area contributed by atoms with Gasteiger partial charge in [-0.25, -0.2) is 0 Å². The Balaban J connectivity index is 1.88. The molecule has 0 amide bonds. The van der Waals surface area contributed by atoms with Crippen LogP contribution in [0.3, 0.4) is 0 Å². The maximum atomic E-state index is 6.63. The maximum Gasteiger partial charge on any atom is 0.239 e. The maximum absolute atomic E-state index is 6.63. The second kappa shape index (κ2) is 11.6. The first-order valence-corrected chi connectivity index (χ1v) is 14.9. The van der Waals surface area contributed by atoms with Crippen molar-refractivity contribution in [2.75, 3.05) is 13.7 Å².